The minimum atomic E-state index is -0.775. The number of nitrogens with zero attached hydrogens (tertiary/aromatic N) is 1. The zero-order valence-corrected chi connectivity index (χ0v) is 20.8. The lowest BCUT2D eigenvalue weighted by Crippen LogP contribution is -2.30. The van der Waals surface area contributed by atoms with Gasteiger partial charge in [0.05, 0.1) is 23.6 Å². The quantitative estimate of drug-likeness (QED) is 0.187. The molecule has 1 aromatic heterocycles. The van der Waals surface area contributed by atoms with Crippen LogP contribution in [0.3, 0.4) is 0 Å². The molecule has 1 heterocycles. The molecule has 0 aliphatic carbocycles. The zero-order chi connectivity index (χ0) is 26.5. The molecule has 186 valence electrons. The summed E-state index contributed by atoms with van der Waals surface area (Å²) in [5.74, 6) is -1.24. The predicted octanol–water partition coefficient (Wildman–Crippen LogP) is 6.58. The number of benzene rings is 4. The van der Waals surface area contributed by atoms with Crippen LogP contribution in [0.4, 0.5) is 0 Å². The molecule has 0 unspecified atom stereocenters. The van der Waals surface area contributed by atoms with Gasteiger partial charge >= 0.3 is 5.97 Å². The van der Waals surface area contributed by atoms with E-state index in [0.717, 1.165) is 0 Å². The lowest BCUT2D eigenvalue weighted by molar-refractivity contribution is 0.0525. The van der Waals surface area contributed by atoms with Gasteiger partial charge in [-0.25, -0.2) is 4.79 Å². The molecule has 38 heavy (non-hydrogen) atoms. The molecular weight excluding hydrogens is 474 g/mol. The molecule has 0 fully saturated rings. The van der Waals surface area contributed by atoms with Crippen molar-refractivity contribution < 1.29 is 14.3 Å². The van der Waals surface area contributed by atoms with Crippen LogP contribution in [0.15, 0.2) is 126 Å². The number of hydrogen-bond donors (Lipinski definition) is 0. The summed E-state index contributed by atoms with van der Waals surface area (Å²) in [6.07, 6.45) is 0. The molecule has 0 spiro atoms. The molecular formula is C33H25NO4. The fourth-order valence-corrected chi connectivity index (χ4v) is 4.59. The fraction of sp³-hybridized carbons (Fsp3) is 0.0606. The van der Waals surface area contributed by atoms with Crippen LogP contribution in [0, 0.1) is 0 Å². The van der Waals surface area contributed by atoms with Gasteiger partial charge in [0, 0.05) is 11.3 Å². The van der Waals surface area contributed by atoms with Crippen LogP contribution < -0.4 is 5.43 Å². The fourth-order valence-electron chi connectivity index (χ4n) is 4.59. The molecule has 0 N–H and O–H groups in total. The summed E-state index contributed by atoms with van der Waals surface area (Å²) in [7, 11) is 0. The van der Waals surface area contributed by atoms with Gasteiger partial charge in [-0.15, -0.1) is 0 Å². The van der Waals surface area contributed by atoms with Crippen LogP contribution in [0.5, 0.6) is 0 Å². The highest BCUT2D eigenvalue weighted by Crippen LogP contribution is 2.35. The molecule has 5 aromatic rings. The SMILES string of the molecule is CCOC(=O)c1c(-c2ccccc2)n(-c2ccccc2)c(-c2ccccc2)c(C(=O)c2ccccc2)c1=O. The monoisotopic (exact) mass is 499 g/mol. The number of esters is 1. The third kappa shape index (κ3) is 4.58. The number of para-hydroxylation sites is 1. The van der Waals surface area contributed by atoms with E-state index in [1.807, 2.05) is 95.6 Å². The summed E-state index contributed by atoms with van der Waals surface area (Å²) in [5, 5.41) is 0. The number of aromatic nitrogens is 1. The Morgan fingerprint density at radius 3 is 1.58 bits per heavy atom. The Kier molecular flexibility index (Phi) is 7.09. The molecule has 5 nitrogen and oxygen atoms in total. The largest absolute Gasteiger partial charge is 0.462 e. The Hall–Kier alpha value is -5.03. The van der Waals surface area contributed by atoms with E-state index in [4.69, 9.17) is 4.74 Å². The lowest BCUT2D eigenvalue weighted by atomic mass is 9.92. The Balaban J connectivity index is 2.03. The molecule has 0 atom stereocenters. The normalized spacial score (nSPS) is 10.7. The summed E-state index contributed by atoms with van der Waals surface area (Å²) in [4.78, 5) is 41.9. The zero-order valence-electron chi connectivity index (χ0n) is 20.8. The van der Waals surface area contributed by atoms with E-state index in [1.54, 1.807) is 37.3 Å². The smallest absolute Gasteiger partial charge is 0.344 e. The van der Waals surface area contributed by atoms with Crippen molar-refractivity contribution in [3.63, 3.8) is 0 Å². The highest BCUT2D eigenvalue weighted by Gasteiger charge is 2.32. The van der Waals surface area contributed by atoms with Crippen molar-refractivity contribution in [2.24, 2.45) is 0 Å². The van der Waals surface area contributed by atoms with Gasteiger partial charge in [0.2, 0.25) is 5.43 Å². The average Bonchev–Trinajstić information content (AvgIpc) is 2.98. The van der Waals surface area contributed by atoms with Crippen LogP contribution >= 0.6 is 0 Å². The standard InChI is InChI=1S/C33H25NO4/c1-2-38-33(37)28-30(24-17-9-4-10-18-24)34(26-21-13-6-14-22-26)29(23-15-7-3-8-16-23)27(32(28)36)31(35)25-19-11-5-12-20-25/h3-22H,2H2,1H3. The summed E-state index contributed by atoms with van der Waals surface area (Å²) in [6, 6.07) is 36.6. The minimum Gasteiger partial charge on any atom is -0.462 e. The molecule has 0 saturated carbocycles. The molecule has 0 radical (unpaired) electrons. The second-order valence-corrected chi connectivity index (χ2v) is 8.59. The summed E-state index contributed by atoms with van der Waals surface area (Å²) in [5.41, 5.74) is 2.19. The van der Waals surface area contributed by atoms with Gasteiger partial charge in [0.25, 0.3) is 0 Å². The average molecular weight is 500 g/mol. The number of carbonyl (C=O) groups excluding carboxylic acids is 2. The summed E-state index contributed by atoms with van der Waals surface area (Å²) in [6.45, 7) is 1.77. The van der Waals surface area contributed by atoms with Gasteiger partial charge < -0.3 is 9.30 Å². The van der Waals surface area contributed by atoms with E-state index in [1.165, 1.54) is 0 Å². The van der Waals surface area contributed by atoms with E-state index in [2.05, 4.69) is 0 Å². The first-order chi connectivity index (χ1) is 18.6. The Morgan fingerprint density at radius 2 is 1.08 bits per heavy atom. The first-order valence-corrected chi connectivity index (χ1v) is 12.4. The van der Waals surface area contributed by atoms with E-state index in [-0.39, 0.29) is 17.7 Å². The first kappa shape index (κ1) is 24.7. The maximum atomic E-state index is 14.3. The van der Waals surface area contributed by atoms with Crippen molar-refractivity contribution in [3.8, 4) is 28.2 Å². The van der Waals surface area contributed by atoms with Crippen molar-refractivity contribution in [1.82, 2.24) is 4.57 Å². The number of pyridine rings is 1. The number of hydrogen-bond acceptors (Lipinski definition) is 4. The molecule has 0 amide bonds. The summed E-state index contributed by atoms with van der Waals surface area (Å²) < 4.78 is 7.21. The molecule has 5 rings (SSSR count). The van der Waals surface area contributed by atoms with E-state index in [0.29, 0.717) is 33.8 Å². The first-order valence-electron chi connectivity index (χ1n) is 12.4. The van der Waals surface area contributed by atoms with E-state index >= 15 is 0 Å². The van der Waals surface area contributed by atoms with Crippen molar-refractivity contribution in [2.45, 2.75) is 6.92 Å². The van der Waals surface area contributed by atoms with Crippen LogP contribution in [0.1, 0.15) is 33.2 Å². The highest BCUT2D eigenvalue weighted by molar-refractivity contribution is 6.14. The van der Waals surface area contributed by atoms with E-state index in [9.17, 15) is 14.4 Å². The number of ether oxygens (including phenoxy) is 1. The lowest BCUT2D eigenvalue weighted by Gasteiger charge is -2.24. The third-order valence-electron chi connectivity index (χ3n) is 6.23. The van der Waals surface area contributed by atoms with E-state index < -0.39 is 17.2 Å². The van der Waals surface area contributed by atoms with Crippen molar-refractivity contribution >= 4 is 11.8 Å². The molecule has 0 bridgehead atoms. The number of carbonyl (C=O) groups is 2. The van der Waals surface area contributed by atoms with Gasteiger partial charge in [-0.1, -0.05) is 109 Å². The molecule has 0 saturated heterocycles. The third-order valence-corrected chi connectivity index (χ3v) is 6.23. The summed E-state index contributed by atoms with van der Waals surface area (Å²) >= 11 is 0. The molecule has 5 heteroatoms. The Labute approximate surface area is 220 Å². The van der Waals surface area contributed by atoms with Gasteiger partial charge in [0.15, 0.2) is 5.78 Å². The highest BCUT2D eigenvalue weighted by atomic mass is 16.5. The molecule has 0 aliphatic rings. The predicted molar refractivity (Wildman–Crippen MR) is 149 cm³/mol. The second kappa shape index (κ2) is 10.9. The van der Waals surface area contributed by atoms with Crippen LogP contribution in [-0.2, 0) is 4.74 Å². The van der Waals surface area contributed by atoms with Crippen LogP contribution in [0.25, 0.3) is 28.2 Å². The van der Waals surface area contributed by atoms with Crippen LogP contribution in [0.2, 0.25) is 0 Å². The topological polar surface area (TPSA) is 65.4 Å². The molecule has 0 aliphatic heterocycles. The van der Waals surface area contributed by atoms with Gasteiger partial charge in [-0.2, -0.15) is 0 Å². The molecule has 4 aromatic carbocycles. The number of rotatable bonds is 7. The minimum absolute atomic E-state index is 0.0836. The number of ketones is 1. The van der Waals surface area contributed by atoms with Gasteiger partial charge in [-0.05, 0) is 30.2 Å². The van der Waals surface area contributed by atoms with Gasteiger partial charge in [-0.3, -0.25) is 9.59 Å². The maximum Gasteiger partial charge on any atom is 0.344 e. The maximum absolute atomic E-state index is 14.3. The van der Waals surface area contributed by atoms with Crippen LogP contribution in [-0.4, -0.2) is 22.9 Å². The van der Waals surface area contributed by atoms with Crippen molar-refractivity contribution in [1.29, 1.82) is 0 Å². The Morgan fingerprint density at radius 1 is 0.632 bits per heavy atom. The van der Waals surface area contributed by atoms with Gasteiger partial charge in [0.1, 0.15) is 5.56 Å². The van der Waals surface area contributed by atoms with Crippen molar-refractivity contribution in [3.05, 3.63) is 148 Å². The second-order valence-electron chi connectivity index (χ2n) is 8.59. The van der Waals surface area contributed by atoms with Crippen molar-refractivity contribution in [2.75, 3.05) is 6.61 Å². The Bertz CT molecular complexity index is 1640.